The normalized spacial score (nSPS) is 20.1. The molecule has 3 rings (SSSR count). The number of phosphoric ester groups is 3. The van der Waals surface area contributed by atoms with Gasteiger partial charge in [0.1, 0.15) is 36.3 Å². The topological polar surface area (TPSA) is 364 Å². The first-order valence-corrected chi connectivity index (χ1v) is 30.0. The fourth-order valence-electron chi connectivity index (χ4n) is 7.78. The molecule has 0 spiro atoms. The molecule has 71 heavy (non-hydrogen) atoms. The number of carbonyl (C=O) groups excluding carboxylic acids is 3. The van der Waals surface area contributed by atoms with E-state index in [-0.39, 0.29) is 41.6 Å². The van der Waals surface area contributed by atoms with Gasteiger partial charge in [-0.15, -0.1) is 0 Å². The van der Waals surface area contributed by atoms with Crippen molar-refractivity contribution in [3.8, 4) is 0 Å². The van der Waals surface area contributed by atoms with E-state index in [0.29, 0.717) is 12.2 Å². The number of aliphatic hydroxyl groups excluding tert-OH is 2. The van der Waals surface area contributed by atoms with Crippen molar-refractivity contribution in [1.82, 2.24) is 30.2 Å². The van der Waals surface area contributed by atoms with Crippen LogP contribution in [0.2, 0.25) is 0 Å². The van der Waals surface area contributed by atoms with Crippen LogP contribution in [-0.4, -0.2) is 123 Å². The van der Waals surface area contributed by atoms with Crippen LogP contribution in [0.4, 0.5) is 5.82 Å². The second-order valence-electron chi connectivity index (χ2n) is 18.7. The number of amides is 2. The lowest BCUT2D eigenvalue weighted by molar-refractivity contribution is -0.137. The maximum Gasteiger partial charge on any atom is 0.481 e. The van der Waals surface area contributed by atoms with E-state index in [2.05, 4.69) is 48.3 Å². The Balaban J connectivity index is 1.25. The average Bonchev–Trinajstić information content (AvgIpc) is 3.86. The Bertz CT molecular complexity index is 2080. The van der Waals surface area contributed by atoms with Gasteiger partial charge in [0, 0.05) is 37.1 Å². The molecular formula is C43H78N7O17P3S. The SMILES string of the molecule is CCCCCC(C)CCCCCCCCCCCCCCC(=O)SCCNC(=O)CCNC(=O)C(O)C(C)(C)COP(=O)(O)OP(=O)(O)OCC1OC(n2cnc3c(N)ncnc32)C(O)C1OP(=O)(O)O. The van der Waals surface area contributed by atoms with E-state index in [0.717, 1.165) is 54.2 Å². The average molecular weight is 1090 g/mol. The first-order chi connectivity index (χ1) is 33.4. The van der Waals surface area contributed by atoms with Crippen molar-refractivity contribution in [2.24, 2.45) is 11.3 Å². The van der Waals surface area contributed by atoms with Gasteiger partial charge in [-0.1, -0.05) is 142 Å². The molecule has 0 radical (unpaired) electrons. The number of aromatic nitrogens is 4. The Morgan fingerprint density at radius 1 is 0.845 bits per heavy atom. The molecule has 1 aliphatic heterocycles. The number of hydrogen-bond acceptors (Lipinski definition) is 18. The van der Waals surface area contributed by atoms with Gasteiger partial charge in [-0.05, 0) is 12.3 Å². The summed E-state index contributed by atoms with van der Waals surface area (Å²) in [7, 11) is -16.4. The molecule has 8 unspecified atom stereocenters. The van der Waals surface area contributed by atoms with Crippen molar-refractivity contribution in [2.75, 3.05) is 37.8 Å². The lowest BCUT2D eigenvalue weighted by Gasteiger charge is -2.30. The summed E-state index contributed by atoms with van der Waals surface area (Å²) < 4.78 is 62.5. The molecule has 0 bridgehead atoms. The van der Waals surface area contributed by atoms with E-state index >= 15 is 0 Å². The lowest BCUT2D eigenvalue weighted by atomic mass is 9.87. The summed E-state index contributed by atoms with van der Waals surface area (Å²) in [5.41, 5.74) is 4.29. The molecule has 0 saturated carbocycles. The van der Waals surface area contributed by atoms with Crippen molar-refractivity contribution in [2.45, 2.75) is 180 Å². The second kappa shape index (κ2) is 31.4. The minimum Gasteiger partial charge on any atom is -0.386 e. The number of nitrogens with one attached hydrogen (secondary N) is 2. The molecule has 1 saturated heterocycles. The van der Waals surface area contributed by atoms with Crippen LogP contribution in [0.15, 0.2) is 12.7 Å². The predicted octanol–water partition coefficient (Wildman–Crippen LogP) is 6.34. The van der Waals surface area contributed by atoms with Gasteiger partial charge in [0.05, 0.1) is 19.5 Å². The highest BCUT2D eigenvalue weighted by atomic mass is 32.2. The number of hydrogen-bond donors (Lipinski definition) is 9. The number of nitrogens with zero attached hydrogens (tertiary/aromatic N) is 4. The molecule has 28 heteroatoms. The van der Waals surface area contributed by atoms with Gasteiger partial charge in [-0.2, -0.15) is 4.31 Å². The van der Waals surface area contributed by atoms with Crippen molar-refractivity contribution < 1.29 is 80.5 Å². The molecule has 2 amide bonds. The number of anilines is 1. The Morgan fingerprint density at radius 2 is 1.44 bits per heavy atom. The maximum absolute atomic E-state index is 12.8. The molecule has 2 aromatic rings. The third-order valence-corrected chi connectivity index (χ3v) is 15.9. The van der Waals surface area contributed by atoms with Crippen LogP contribution in [-0.2, 0) is 50.7 Å². The summed E-state index contributed by atoms with van der Waals surface area (Å²) in [6.45, 7) is 5.24. The highest BCUT2D eigenvalue weighted by Gasteiger charge is 2.50. The van der Waals surface area contributed by atoms with Crippen molar-refractivity contribution in [3.05, 3.63) is 12.7 Å². The number of nitrogen functional groups attached to an aromatic ring is 1. The van der Waals surface area contributed by atoms with Gasteiger partial charge in [-0.3, -0.25) is 32.5 Å². The minimum absolute atomic E-state index is 0.0342. The van der Waals surface area contributed by atoms with E-state index < -0.39 is 84.6 Å². The second-order valence-corrected chi connectivity index (χ2v) is 24.1. The molecule has 0 aromatic carbocycles. The number of ether oxygens (including phenoxy) is 1. The van der Waals surface area contributed by atoms with Gasteiger partial charge < -0.3 is 50.9 Å². The summed E-state index contributed by atoms with van der Waals surface area (Å²) in [5.74, 6) is -0.148. The number of nitrogens with two attached hydrogens (primary N) is 1. The number of carbonyl (C=O) groups is 3. The number of fused-ring (bicyclic) bond motifs is 1. The summed E-state index contributed by atoms with van der Waals surface area (Å²) in [6.07, 6.45) is 15.1. The minimum atomic E-state index is -5.58. The highest BCUT2D eigenvalue weighted by Crippen LogP contribution is 2.61. The van der Waals surface area contributed by atoms with Gasteiger partial charge in [0.25, 0.3) is 0 Å². The number of rotatable bonds is 38. The fraction of sp³-hybridized carbons (Fsp3) is 0.814. The summed E-state index contributed by atoms with van der Waals surface area (Å²) >= 11 is 1.16. The zero-order valence-electron chi connectivity index (χ0n) is 41.4. The standard InChI is InChI=1S/C43H78N7O17P3S/c1-5-6-17-20-31(2)21-18-15-13-11-9-7-8-10-12-14-16-19-22-34(52)71-26-25-45-33(51)23-24-46-41(55)38(54)43(3,4)28-64-70(61,62)67-69(59,60)63-27-32-37(66-68(56,57)58)36(53)42(65-32)50-30-49-35-39(44)47-29-48-40(35)50/h29-32,36-38,42,53-54H,5-28H2,1-4H3,(H,45,51)(H,46,55)(H,59,60)(H,61,62)(H2,44,47,48)(H2,56,57,58). The molecule has 3 heterocycles. The Morgan fingerprint density at radius 3 is 2.06 bits per heavy atom. The van der Waals surface area contributed by atoms with Crippen molar-refractivity contribution >= 4 is 69.1 Å². The zero-order valence-corrected chi connectivity index (χ0v) is 44.9. The Kier molecular flexibility index (Phi) is 27.8. The number of aliphatic hydroxyl groups is 2. The van der Waals surface area contributed by atoms with Crippen LogP contribution >= 0.6 is 35.2 Å². The quantitative estimate of drug-likeness (QED) is 0.0261. The van der Waals surface area contributed by atoms with Crippen LogP contribution in [0, 0.1) is 11.3 Å². The van der Waals surface area contributed by atoms with Crippen LogP contribution in [0.5, 0.6) is 0 Å². The van der Waals surface area contributed by atoms with E-state index in [1.54, 1.807) is 0 Å². The van der Waals surface area contributed by atoms with Gasteiger partial charge in [0.2, 0.25) is 11.8 Å². The fourth-order valence-corrected chi connectivity index (χ4v) is 11.3. The summed E-state index contributed by atoms with van der Waals surface area (Å²) in [5, 5.41) is 26.7. The third-order valence-electron chi connectivity index (χ3n) is 11.9. The van der Waals surface area contributed by atoms with Crippen molar-refractivity contribution in [3.63, 3.8) is 0 Å². The maximum atomic E-state index is 12.8. The van der Waals surface area contributed by atoms with Gasteiger partial charge >= 0.3 is 23.5 Å². The first-order valence-electron chi connectivity index (χ1n) is 24.5. The Labute approximate surface area is 420 Å². The van der Waals surface area contributed by atoms with Crippen LogP contribution in [0.25, 0.3) is 11.2 Å². The number of thioether (sulfide) groups is 1. The molecule has 10 N–H and O–H groups in total. The molecule has 1 fully saturated rings. The molecule has 24 nitrogen and oxygen atoms in total. The Hall–Kier alpha value is -2.44. The van der Waals surface area contributed by atoms with Crippen LogP contribution in [0.1, 0.15) is 156 Å². The zero-order chi connectivity index (χ0) is 52.7. The summed E-state index contributed by atoms with van der Waals surface area (Å²) in [6, 6.07) is 0. The molecule has 0 aliphatic carbocycles. The van der Waals surface area contributed by atoms with Crippen LogP contribution < -0.4 is 16.4 Å². The largest absolute Gasteiger partial charge is 0.481 e. The molecule has 408 valence electrons. The molecule has 2 aromatic heterocycles. The van der Waals surface area contributed by atoms with Gasteiger partial charge in [0.15, 0.2) is 22.8 Å². The van der Waals surface area contributed by atoms with Crippen molar-refractivity contribution in [1.29, 1.82) is 0 Å². The van der Waals surface area contributed by atoms with E-state index in [4.69, 9.17) is 19.5 Å². The predicted molar refractivity (Wildman–Crippen MR) is 265 cm³/mol. The number of imidazole rings is 1. The highest BCUT2D eigenvalue weighted by molar-refractivity contribution is 8.13. The number of phosphoric acid groups is 3. The molecule has 1 aliphatic rings. The molecule has 8 atom stereocenters. The monoisotopic (exact) mass is 1090 g/mol. The molecular weight excluding hydrogens is 1010 g/mol. The summed E-state index contributed by atoms with van der Waals surface area (Å²) in [4.78, 5) is 88.5. The lowest BCUT2D eigenvalue weighted by Crippen LogP contribution is -2.46. The van der Waals surface area contributed by atoms with E-state index in [9.17, 15) is 57.9 Å². The van der Waals surface area contributed by atoms with Gasteiger partial charge in [-0.25, -0.2) is 28.6 Å². The number of unbranched alkanes of at least 4 members (excludes halogenated alkanes) is 13. The smallest absolute Gasteiger partial charge is 0.386 e. The first kappa shape index (κ1) is 62.9. The van der Waals surface area contributed by atoms with Crippen LogP contribution in [0.3, 0.4) is 0 Å². The third kappa shape index (κ3) is 24.2. The van der Waals surface area contributed by atoms with E-state index in [1.165, 1.54) is 104 Å². The van der Waals surface area contributed by atoms with E-state index in [1.807, 2.05) is 0 Å².